The predicted octanol–water partition coefficient (Wildman–Crippen LogP) is 2.59. The molecule has 1 aromatic heterocycles. The quantitative estimate of drug-likeness (QED) is 0.604. The van der Waals surface area contributed by atoms with Crippen molar-refractivity contribution < 1.29 is 0 Å². The van der Waals surface area contributed by atoms with E-state index in [1.165, 1.54) is 32.1 Å². The van der Waals surface area contributed by atoms with E-state index in [1.54, 1.807) is 0 Å². The fourth-order valence-corrected chi connectivity index (χ4v) is 2.77. The first-order valence-corrected chi connectivity index (χ1v) is 6.31. The van der Waals surface area contributed by atoms with Gasteiger partial charge in [-0.05, 0) is 18.9 Å². The van der Waals surface area contributed by atoms with Crippen molar-refractivity contribution in [3.05, 3.63) is 17.6 Å². The number of hydrogen-bond donors (Lipinski definition) is 1. The molecule has 1 aliphatic carbocycles. The Morgan fingerprint density at radius 2 is 2.12 bits per heavy atom. The zero-order valence-corrected chi connectivity index (χ0v) is 9.82. The lowest BCUT2D eigenvalue weighted by molar-refractivity contribution is 0.322. The van der Waals surface area contributed by atoms with Gasteiger partial charge in [-0.3, -0.25) is 0 Å². The van der Waals surface area contributed by atoms with Crippen molar-refractivity contribution in [2.45, 2.75) is 43.6 Å². The number of aromatic nitrogens is 3. The van der Waals surface area contributed by atoms with Gasteiger partial charge >= 0.3 is 0 Å². The minimum Gasteiger partial charge on any atom is -0.370 e. The van der Waals surface area contributed by atoms with Gasteiger partial charge in [0, 0.05) is 6.20 Å². The molecule has 0 aromatic carbocycles. The van der Waals surface area contributed by atoms with Crippen molar-refractivity contribution in [2.75, 3.05) is 0 Å². The van der Waals surface area contributed by atoms with Crippen LogP contribution in [0.5, 0.6) is 0 Å². The zero-order valence-electron chi connectivity index (χ0n) is 9.06. The number of nitrogens with one attached hydrogen (secondary N) is 1. The van der Waals surface area contributed by atoms with Gasteiger partial charge in [-0.15, -0.1) is 5.10 Å². The summed E-state index contributed by atoms with van der Waals surface area (Å²) >= 11 is 6.12. The second-order valence-electron chi connectivity index (χ2n) is 4.46. The topological polar surface area (TPSA) is 42.7 Å². The molecule has 2 aliphatic rings. The van der Waals surface area contributed by atoms with E-state index < -0.39 is 0 Å². The summed E-state index contributed by atoms with van der Waals surface area (Å²) in [4.78, 5) is 0. The fourth-order valence-electron chi connectivity index (χ4n) is 2.54. The van der Waals surface area contributed by atoms with Gasteiger partial charge in [-0.25, -0.2) is 4.68 Å². The monoisotopic (exact) mass is 238 g/mol. The van der Waals surface area contributed by atoms with Gasteiger partial charge in [-0.1, -0.05) is 36.1 Å². The standard InChI is InChI=1S/C11H15ClN4/c12-11-10-9(6-7-13-11)16(15-14-10)8-4-2-1-3-5-8/h6-8,11,13H,1-5H2. The van der Waals surface area contributed by atoms with Gasteiger partial charge in [0.05, 0.1) is 11.7 Å². The molecule has 0 bridgehead atoms. The van der Waals surface area contributed by atoms with Crippen molar-refractivity contribution in [3.8, 4) is 0 Å². The number of halogens is 1. The molecule has 86 valence electrons. The molecule has 5 heteroatoms. The summed E-state index contributed by atoms with van der Waals surface area (Å²) in [6.45, 7) is 0. The number of rotatable bonds is 1. The van der Waals surface area contributed by atoms with E-state index in [1.807, 2.05) is 12.3 Å². The Morgan fingerprint density at radius 1 is 1.31 bits per heavy atom. The van der Waals surface area contributed by atoms with Crippen molar-refractivity contribution in [1.82, 2.24) is 20.3 Å². The lowest BCUT2D eigenvalue weighted by Gasteiger charge is -2.23. The Labute approximate surface area is 99.7 Å². The van der Waals surface area contributed by atoms with Crippen LogP contribution in [0.3, 0.4) is 0 Å². The molecule has 1 aromatic rings. The Hall–Kier alpha value is -1.03. The van der Waals surface area contributed by atoms with E-state index in [4.69, 9.17) is 11.6 Å². The van der Waals surface area contributed by atoms with E-state index in [2.05, 4.69) is 20.3 Å². The number of hydrogen-bond acceptors (Lipinski definition) is 3. The Morgan fingerprint density at radius 3 is 2.94 bits per heavy atom. The maximum absolute atomic E-state index is 6.12. The molecule has 0 spiro atoms. The molecule has 1 saturated carbocycles. The molecular formula is C11H15ClN4. The van der Waals surface area contributed by atoms with Crippen LogP contribution < -0.4 is 5.32 Å². The smallest absolute Gasteiger partial charge is 0.148 e. The SMILES string of the molecule is ClC1NC=Cc2c1nnn2C1CCCCC1. The normalized spacial score (nSPS) is 25.2. The third kappa shape index (κ3) is 1.61. The zero-order chi connectivity index (χ0) is 11.0. The van der Waals surface area contributed by atoms with E-state index in [0.29, 0.717) is 6.04 Å². The molecule has 0 amide bonds. The van der Waals surface area contributed by atoms with E-state index in [9.17, 15) is 0 Å². The summed E-state index contributed by atoms with van der Waals surface area (Å²) < 4.78 is 2.06. The molecule has 1 fully saturated rings. The second kappa shape index (κ2) is 4.09. The van der Waals surface area contributed by atoms with Crippen LogP contribution in [-0.4, -0.2) is 15.0 Å². The van der Waals surface area contributed by atoms with Crippen LogP contribution in [0.2, 0.25) is 0 Å². The van der Waals surface area contributed by atoms with Gasteiger partial charge in [0.1, 0.15) is 11.2 Å². The van der Waals surface area contributed by atoms with Crippen LogP contribution >= 0.6 is 11.6 Å². The summed E-state index contributed by atoms with van der Waals surface area (Å²) in [6.07, 6.45) is 10.3. The molecule has 16 heavy (non-hydrogen) atoms. The molecular weight excluding hydrogens is 224 g/mol. The van der Waals surface area contributed by atoms with Crippen molar-refractivity contribution >= 4 is 17.7 Å². The third-order valence-corrected chi connectivity index (χ3v) is 3.74. The van der Waals surface area contributed by atoms with E-state index in [-0.39, 0.29) is 5.50 Å². The van der Waals surface area contributed by atoms with E-state index in [0.717, 1.165) is 11.4 Å². The number of nitrogens with zero attached hydrogens (tertiary/aromatic N) is 3. The highest BCUT2D eigenvalue weighted by atomic mass is 35.5. The molecule has 0 saturated heterocycles. The lowest BCUT2D eigenvalue weighted by atomic mass is 9.95. The number of fused-ring (bicyclic) bond motifs is 1. The Bertz CT molecular complexity index is 406. The number of alkyl halides is 1. The highest BCUT2D eigenvalue weighted by molar-refractivity contribution is 6.20. The van der Waals surface area contributed by atoms with Gasteiger partial charge in [0.2, 0.25) is 0 Å². The summed E-state index contributed by atoms with van der Waals surface area (Å²) in [5, 5.41) is 11.5. The van der Waals surface area contributed by atoms with Crippen LogP contribution in [0, 0.1) is 0 Å². The first-order chi connectivity index (χ1) is 7.86. The summed E-state index contributed by atoms with van der Waals surface area (Å²) in [6, 6.07) is 0.511. The highest BCUT2D eigenvalue weighted by Gasteiger charge is 2.25. The fraction of sp³-hybridized carbons (Fsp3) is 0.636. The first-order valence-electron chi connectivity index (χ1n) is 5.88. The maximum atomic E-state index is 6.12. The van der Waals surface area contributed by atoms with Gasteiger partial charge < -0.3 is 5.32 Å². The maximum Gasteiger partial charge on any atom is 0.148 e. The van der Waals surface area contributed by atoms with Crippen LogP contribution in [-0.2, 0) is 0 Å². The first kappa shape index (κ1) is 10.1. The van der Waals surface area contributed by atoms with Gasteiger partial charge in [0.15, 0.2) is 0 Å². The van der Waals surface area contributed by atoms with Crippen molar-refractivity contribution in [3.63, 3.8) is 0 Å². The van der Waals surface area contributed by atoms with Crippen molar-refractivity contribution in [2.24, 2.45) is 0 Å². The van der Waals surface area contributed by atoms with Gasteiger partial charge in [-0.2, -0.15) is 0 Å². The highest BCUT2D eigenvalue weighted by Crippen LogP contribution is 2.32. The second-order valence-corrected chi connectivity index (χ2v) is 4.90. The minimum atomic E-state index is -0.239. The molecule has 1 N–H and O–H groups in total. The molecule has 1 atom stereocenters. The third-order valence-electron chi connectivity index (χ3n) is 3.40. The Kier molecular flexibility index (Phi) is 2.59. The van der Waals surface area contributed by atoms with E-state index >= 15 is 0 Å². The summed E-state index contributed by atoms with van der Waals surface area (Å²) in [5.74, 6) is 0. The van der Waals surface area contributed by atoms with Crippen LogP contribution in [0.25, 0.3) is 6.08 Å². The molecule has 3 rings (SSSR count). The van der Waals surface area contributed by atoms with Crippen molar-refractivity contribution in [1.29, 1.82) is 0 Å². The molecule has 1 aliphatic heterocycles. The van der Waals surface area contributed by atoms with Crippen LogP contribution in [0.15, 0.2) is 6.20 Å². The van der Waals surface area contributed by atoms with Gasteiger partial charge in [0.25, 0.3) is 0 Å². The molecule has 4 nitrogen and oxygen atoms in total. The summed E-state index contributed by atoms with van der Waals surface area (Å²) in [5.41, 5.74) is 1.69. The largest absolute Gasteiger partial charge is 0.370 e. The predicted molar refractivity (Wildman–Crippen MR) is 62.9 cm³/mol. The minimum absolute atomic E-state index is 0.239. The van der Waals surface area contributed by atoms with Crippen LogP contribution in [0.1, 0.15) is 55.0 Å². The molecule has 0 radical (unpaired) electrons. The molecule has 1 unspecified atom stereocenters. The molecule has 2 heterocycles. The lowest BCUT2D eigenvalue weighted by Crippen LogP contribution is -2.19. The average Bonchev–Trinajstić information content (AvgIpc) is 2.75. The summed E-state index contributed by atoms with van der Waals surface area (Å²) in [7, 11) is 0. The van der Waals surface area contributed by atoms with Crippen LogP contribution in [0.4, 0.5) is 0 Å². The Balaban J connectivity index is 1.94. The average molecular weight is 239 g/mol.